The summed E-state index contributed by atoms with van der Waals surface area (Å²) in [7, 11) is 1.73. The maximum Gasteiger partial charge on any atom is 0.217 e. The van der Waals surface area contributed by atoms with Gasteiger partial charge >= 0.3 is 0 Å². The second-order valence-electron chi connectivity index (χ2n) is 5.81. The van der Waals surface area contributed by atoms with Crippen LogP contribution in [0.3, 0.4) is 0 Å². The minimum absolute atomic E-state index is 0.217. The van der Waals surface area contributed by atoms with Crippen molar-refractivity contribution in [1.82, 2.24) is 5.32 Å². The van der Waals surface area contributed by atoms with E-state index < -0.39 is 0 Å². The summed E-state index contributed by atoms with van der Waals surface area (Å²) in [6.45, 7) is 2.15. The molecule has 2 atom stereocenters. The normalized spacial score (nSPS) is 18.9. The summed E-state index contributed by atoms with van der Waals surface area (Å²) in [5, 5.41) is 3.69. The number of carbonyl (C=O) groups excluding carboxylic acids is 1. The molecular weight excluding hydrogens is 264 g/mol. The second-order valence-corrected chi connectivity index (χ2v) is 5.81. The highest BCUT2D eigenvalue weighted by atomic mass is 16.5. The van der Waals surface area contributed by atoms with Crippen molar-refractivity contribution >= 4 is 5.91 Å². The van der Waals surface area contributed by atoms with Gasteiger partial charge in [0.1, 0.15) is 5.75 Å². The highest BCUT2D eigenvalue weighted by Crippen LogP contribution is 2.29. The number of nitrogens with one attached hydrogen (secondary N) is 1. The van der Waals surface area contributed by atoms with Crippen molar-refractivity contribution in [2.24, 2.45) is 5.73 Å². The van der Waals surface area contributed by atoms with E-state index in [1.807, 2.05) is 6.07 Å². The molecule has 3 N–H and O–H groups in total. The molecule has 0 aromatic heterocycles. The third-order valence-corrected chi connectivity index (χ3v) is 4.37. The van der Waals surface area contributed by atoms with Crippen LogP contribution in [0.15, 0.2) is 18.2 Å². The third-order valence-electron chi connectivity index (χ3n) is 4.37. The van der Waals surface area contributed by atoms with Gasteiger partial charge in [-0.05, 0) is 49.3 Å². The van der Waals surface area contributed by atoms with Crippen molar-refractivity contribution in [2.75, 3.05) is 7.11 Å². The van der Waals surface area contributed by atoms with E-state index in [4.69, 9.17) is 10.5 Å². The fraction of sp³-hybridized carbons (Fsp3) is 0.588. The SMILES string of the molecule is CCC(CCC(N)=O)NC1CCc2cccc(OC)c2C1. The van der Waals surface area contributed by atoms with Crippen molar-refractivity contribution < 1.29 is 9.53 Å². The fourth-order valence-electron chi connectivity index (χ4n) is 3.14. The molecule has 2 rings (SSSR count). The van der Waals surface area contributed by atoms with Crippen LogP contribution in [0.4, 0.5) is 0 Å². The van der Waals surface area contributed by atoms with Crippen molar-refractivity contribution in [3.8, 4) is 5.75 Å². The van der Waals surface area contributed by atoms with E-state index in [1.165, 1.54) is 11.1 Å². The minimum Gasteiger partial charge on any atom is -0.496 e. The summed E-state index contributed by atoms with van der Waals surface area (Å²) in [6.07, 6.45) is 5.50. The zero-order chi connectivity index (χ0) is 15.2. The van der Waals surface area contributed by atoms with Crippen LogP contribution < -0.4 is 15.8 Å². The van der Waals surface area contributed by atoms with Crippen LogP contribution in [0.25, 0.3) is 0 Å². The highest BCUT2D eigenvalue weighted by Gasteiger charge is 2.23. The van der Waals surface area contributed by atoms with Gasteiger partial charge in [-0.2, -0.15) is 0 Å². The third kappa shape index (κ3) is 4.21. The molecule has 0 aliphatic heterocycles. The fourth-order valence-corrected chi connectivity index (χ4v) is 3.14. The predicted octanol–water partition coefficient (Wildman–Crippen LogP) is 2.19. The molecule has 1 amide bonds. The second kappa shape index (κ2) is 7.46. The monoisotopic (exact) mass is 290 g/mol. The van der Waals surface area contributed by atoms with Crippen LogP contribution >= 0.6 is 0 Å². The van der Waals surface area contributed by atoms with Crippen molar-refractivity contribution in [2.45, 2.75) is 57.5 Å². The summed E-state index contributed by atoms with van der Waals surface area (Å²) in [5.74, 6) is 0.773. The zero-order valence-corrected chi connectivity index (χ0v) is 13.0. The number of hydrogen-bond acceptors (Lipinski definition) is 3. The van der Waals surface area contributed by atoms with E-state index in [0.717, 1.165) is 37.9 Å². The number of carbonyl (C=O) groups is 1. The van der Waals surface area contributed by atoms with Crippen LogP contribution in [-0.4, -0.2) is 25.1 Å². The topological polar surface area (TPSA) is 64.4 Å². The predicted molar refractivity (Wildman–Crippen MR) is 84.5 cm³/mol. The van der Waals surface area contributed by atoms with E-state index >= 15 is 0 Å². The average molecular weight is 290 g/mol. The molecule has 2 unspecified atom stereocenters. The first kappa shape index (κ1) is 15.8. The Bertz CT molecular complexity index is 473. The maximum atomic E-state index is 10.9. The highest BCUT2D eigenvalue weighted by molar-refractivity contribution is 5.73. The Kier molecular flexibility index (Phi) is 5.62. The van der Waals surface area contributed by atoms with E-state index in [2.05, 4.69) is 24.4 Å². The molecule has 0 radical (unpaired) electrons. The number of aryl methyl sites for hydroxylation is 1. The molecule has 21 heavy (non-hydrogen) atoms. The zero-order valence-electron chi connectivity index (χ0n) is 13.0. The van der Waals surface area contributed by atoms with Gasteiger partial charge in [-0.1, -0.05) is 19.1 Å². The number of methoxy groups -OCH3 is 1. The largest absolute Gasteiger partial charge is 0.496 e. The van der Waals surface area contributed by atoms with Gasteiger partial charge in [0, 0.05) is 18.5 Å². The first-order valence-electron chi connectivity index (χ1n) is 7.83. The molecule has 0 spiro atoms. The van der Waals surface area contributed by atoms with Gasteiger partial charge in [0.25, 0.3) is 0 Å². The van der Waals surface area contributed by atoms with Crippen LogP contribution in [0.2, 0.25) is 0 Å². The molecule has 0 heterocycles. The molecule has 4 nitrogen and oxygen atoms in total. The Labute approximate surface area is 127 Å². The van der Waals surface area contributed by atoms with E-state index in [9.17, 15) is 4.79 Å². The number of amides is 1. The molecule has 0 saturated heterocycles. The molecule has 1 aromatic rings. The Morgan fingerprint density at radius 1 is 1.52 bits per heavy atom. The van der Waals surface area contributed by atoms with Crippen LogP contribution in [0.5, 0.6) is 5.75 Å². The lowest BCUT2D eigenvalue weighted by Crippen LogP contribution is -2.41. The summed E-state index contributed by atoms with van der Waals surface area (Å²) >= 11 is 0. The van der Waals surface area contributed by atoms with Crippen LogP contribution in [0, 0.1) is 0 Å². The molecule has 0 fully saturated rings. The summed E-state index contributed by atoms with van der Waals surface area (Å²) in [6, 6.07) is 7.10. The van der Waals surface area contributed by atoms with Gasteiger partial charge in [0.15, 0.2) is 0 Å². The summed E-state index contributed by atoms with van der Waals surface area (Å²) < 4.78 is 5.48. The molecule has 4 heteroatoms. The molecule has 0 saturated carbocycles. The number of ether oxygens (including phenoxy) is 1. The van der Waals surface area contributed by atoms with E-state index in [0.29, 0.717) is 18.5 Å². The van der Waals surface area contributed by atoms with Crippen molar-refractivity contribution in [3.05, 3.63) is 29.3 Å². The van der Waals surface area contributed by atoms with Gasteiger partial charge in [-0.25, -0.2) is 0 Å². The van der Waals surface area contributed by atoms with E-state index in [-0.39, 0.29) is 5.91 Å². The average Bonchev–Trinajstić information content (AvgIpc) is 2.50. The first-order chi connectivity index (χ1) is 10.1. The molecule has 1 aliphatic carbocycles. The maximum absolute atomic E-state index is 10.9. The number of benzene rings is 1. The molecule has 116 valence electrons. The first-order valence-corrected chi connectivity index (χ1v) is 7.83. The van der Waals surface area contributed by atoms with E-state index in [1.54, 1.807) is 7.11 Å². The summed E-state index contributed by atoms with van der Waals surface area (Å²) in [4.78, 5) is 10.9. The standard InChI is InChI=1S/C17H26N2O2/c1-3-13(9-10-17(18)20)19-14-8-7-12-5-4-6-16(21-2)15(12)11-14/h4-6,13-14,19H,3,7-11H2,1-2H3,(H2,18,20). The molecular formula is C17H26N2O2. The lowest BCUT2D eigenvalue weighted by atomic mass is 9.87. The smallest absolute Gasteiger partial charge is 0.217 e. The number of nitrogens with two attached hydrogens (primary N) is 1. The number of hydrogen-bond donors (Lipinski definition) is 2. The van der Waals surface area contributed by atoms with Gasteiger partial charge in [0.05, 0.1) is 7.11 Å². The minimum atomic E-state index is -0.217. The lowest BCUT2D eigenvalue weighted by molar-refractivity contribution is -0.118. The molecule has 1 aromatic carbocycles. The lowest BCUT2D eigenvalue weighted by Gasteiger charge is -2.30. The van der Waals surface area contributed by atoms with Crippen molar-refractivity contribution in [1.29, 1.82) is 0 Å². The van der Waals surface area contributed by atoms with Gasteiger partial charge in [-0.15, -0.1) is 0 Å². The van der Waals surface area contributed by atoms with Crippen LogP contribution in [-0.2, 0) is 17.6 Å². The van der Waals surface area contributed by atoms with Crippen molar-refractivity contribution in [3.63, 3.8) is 0 Å². The Balaban J connectivity index is 1.98. The molecule has 0 bridgehead atoms. The van der Waals surface area contributed by atoms with Gasteiger partial charge in [-0.3, -0.25) is 4.79 Å². The Morgan fingerprint density at radius 2 is 2.33 bits per heavy atom. The Morgan fingerprint density at radius 3 is 3.00 bits per heavy atom. The quantitative estimate of drug-likeness (QED) is 0.809. The number of primary amides is 1. The summed E-state index contributed by atoms with van der Waals surface area (Å²) in [5.41, 5.74) is 7.97. The van der Waals surface area contributed by atoms with Crippen LogP contribution in [0.1, 0.15) is 43.7 Å². The van der Waals surface area contributed by atoms with Gasteiger partial charge < -0.3 is 15.8 Å². The molecule has 1 aliphatic rings. The number of fused-ring (bicyclic) bond motifs is 1. The Hall–Kier alpha value is -1.55. The number of rotatable bonds is 7. The van der Waals surface area contributed by atoms with Gasteiger partial charge in [0.2, 0.25) is 5.91 Å².